The summed E-state index contributed by atoms with van der Waals surface area (Å²) in [5.74, 6) is -0.248. The van der Waals surface area contributed by atoms with Crippen molar-refractivity contribution < 1.29 is 9.50 Å². The fourth-order valence-corrected chi connectivity index (χ4v) is 2.97. The first-order chi connectivity index (χ1) is 11.6. The van der Waals surface area contributed by atoms with E-state index in [9.17, 15) is 9.50 Å². The van der Waals surface area contributed by atoms with E-state index >= 15 is 0 Å². The summed E-state index contributed by atoms with van der Waals surface area (Å²) in [5, 5.41) is 12.8. The summed E-state index contributed by atoms with van der Waals surface area (Å²) in [5.41, 5.74) is 2.30. The third-order valence-corrected chi connectivity index (χ3v) is 4.46. The number of benzene rings is 1. The Morgan fingerprint density at radius 2 is 1.88 bits per heavy atom. The molecule has 1 saturated heterocycles. The first-order valence-corrected chi connectivity index (χ1v) is 8.51. The molecule has 0 radical (unpaired) electrons. The molecule has 0 aliphatic carbocycles. The molecule has 0 spiro atoms. The van der Waals surface area contributed by atoms with Crippen molar-refractivity contribution in [3.63, 3.8) is 0 Å². The largest absolute Gasteiger partial charge is 0.393 e. The highest BCUT2D eigenvalue weighted by Crippen LogP contribution is 2.17. The van der Waals surface area contributed by atoms with Crippen molar-refractivity contribution in [2.24, 2.45) is 0 Å². The number of aromatic nitrogens is 1. The maximum atomic E-state index is 13.7. The van der Waals surface area contributed by atoms with Gasteiger partial charge in [-0.25, -0.2) is 9.37 Å². The maximum Gasteiger partial charge on any atom is 0.166 e. The van der Waals surface area contributed by atoms with Crippen LogP contribution in [-0.4, -0.2) is 34.2 Å². The van der Waals surface area contributed by atoms with Crippen LogP contribution < -0.4 is 5.32 Å². The molecule has 0 amide bonds. The minimum atomic E-state index is -0.452. The number of hydrogen-bond acceptors (Lipinski definition) is 4. The number of halogens is 2. The van der Waals surface area contributed by atoms with Gasteiger partial charge in [0.2, 0.25) is 0 Å². The van der Waals surface area contributed by atoms with Crippen molar-refractivity contribution in [3.8, 4) is 0 Å². The van der Waals surface area contributed by atoms with Crippen molar-refractivity contribution in [2.75, 3.05) is 18.4 Å². The molecule has 6 heteroatoms. The number of likely N-dealkylation sites (tertiary alicyclic amines) is 1. The summed E-state index contributed by atoms with van der Waals surface area (Å²) in [7, 11) is 0. The van der Waals surface area contributed by atoms with E-state index in [0.29, 0.717) is 6.54 Å². The Balaban J connectivity index is 1.52. The molecule has 0 saturated carbocycles. The number of hydrogen-bond donors (Lipinski definition) is 2. The average molecular weight is 350 g/mol. The van der Waals surface area contributed by atoms with E-state index in [1.54, 1.807) is 0 Å². The Morgan fingerprint density at radius 1 is 1.21 bits per heavy atom. The fourth-order valence-electron chi connectivity index (χ4n) is 2.83. The van der Waals surface area contributed by atoms with Gasteiger partial charge in [-0.15, -0.1) is 0 Å². The van der Waals surface area contributed by atoms with E-state index in [-0.39, 0.29) is 16.9 Å². The Hall–Kier alpha value is -1.69. The van der Waals surface area contributed by atoms with E-state index in [2.05, 4.69) is 27.3 Å². The molecule has 24 heavy (non-hydrogen) atoms. The third-order valence-electron chi connectivity index (χ3n) is 4.25. The number of pyridine rings is 1. The number of rotatable bonds is 5. The minimum Gasteiger partial charge on any atom is -0.393 e. The number of nitrogens with one attached hydrogen (secondary N) is 1. The van der Waals surface area contributed by atoms with Crippen molar-refractivity contribution in [1.29, 1.82) is 0 Å². The van der Waals surface area contributed by atoms with Gasteiger partial charge in [0.1, 0.15) is 0 Å². The maximum absolute atomic E-state index is 13.7. The zero-order valence-electron chi connectivity index (χ0n) is 13.4. The molecule has 2 aromatic rings. The summed E-state index contributed by atoms with van der Waals surface area (Å²) in [4.78, 5) is 6.30. The van der Waals surface area contributed by atoms with E-state index < -0.39 is 5.82 Å². The van der Waals surface area contributed by atoms with Crippen molar-refractivity contribution in [3.05, 3.63) is 58.5 Å². The normalized spacial score (nSPS) is 16.3. The Morgan fingerprint density at radius 3 is 2.54 bits per heavy atom. The van der Waals surface area contributed by atoms with Gasteiger partial charge in [0, 0.05) is 32.4 Å². The van der Waals surface area contributed by atoms with E-state index in [1.165, 1.54) is 17.8 Å². The van der Waals surface area contributed by atoms with Crippen molar-refractivity contribution in [1.82, 2.24) is 9.88 Å². The van der Waals surface area contributed by atoms with E-state index in [4.69, 9.17) is 11.6 Å². The zero-order valence-corrected chi connectivity index (χ0v) is 14.1. The van der Waals surface area contributed by atoms with Crippen LogP contribution in [0.2, 0.25) is 5.02 Å². The van der Waals surface area contributed by atoms with Crippen molar-refractivity contribution in [2.45, 2.75) is 32.0 Å². The van der Waals surface area contributed by atoms with Gasteiger partial charge in [-0.1, -0.05) is 35.9 Å². The molecule has 0 bridgehead atoms. The average Bonchev–Trinajstić information content (AvgIpc) is 2.57. The smallest absolute Gasteiger partial charge is 0.166 e. The standard InChI is InChI=1S/C18H21ClFN3O/c19-15-9-17(20)18(22-11-15)21-10-13-1-3-14(4-2-13)12-23-7-5-16(24)6-8-23/h1-4,9,11,16,24H,5-8,10,12H2,(H,21,22). The fraction of sp³-hybridized carbons (Fsp3) is 0.389. The highest BCUT2D eigenvalue weighted by atomic mass is 35.5. The lowest BCUT2D eigenvalue weighted by Crippen LogP contribution is -2.35. The van der Waals surface area contributed by atoms with Crippen LogP contribution >= 0.6 is 11.6 Å². The van der Waals surface area contributed by atoms with Gasteiger partial charge in [0.25, 0.3) is 0 Å². The number of anilines is 1. The molecule has 2 heterocycles. The predicted molar refractivity (Wildman–Crippen MR) is 93.5 cm³/mol. The topological polar surface area (TPSA) is 48.4 Å². The number of aliphatic hydroxyl groups is 1. The summed E-state index contributed by atoms with van der Waals surface area (Å²) in [6.07, 6.45) is 2.98. The molecule has 3 rings (SSSR count). The molecule has 4 nitrogen and oxygen atoms in total. The van der Waals surface area contributed by atoms with Gasteiger partial charge in [-0.3, -0.25) is 4.90 Å². The first-order valence-electron chi connectivity index (χ1n) is 8.13. The van der Waals surface area contributed by atoms with Crippen LogP contribution in [0.5, 0.6) is 0 Å². The van der Waals surface area contributed by atoms with Crippen LogP contribution in [-0.2, 0) is 13.1 Å². The Bertz CT molecular complexity index is 672. The molecule has 1 aliphatic heterocycles. The lowest BCUT2D eigenvalue weighted by molar-refractivity contribution is 0.0792. The number of piperidine rings is 1. The SMILES string of the molecule is OC1CCN(Cc2ccc(CNc3ncc(Cl)cc3F)cc2)CC1. The number of aliphatic hydroxyl groups excluding tert-OH is 1. The molecule has 1 aromatic carbocycles. The Labute approximate surface area is 146 Å². The molecule has 0 unspecified atom stereocenters. The predicted octanol–water partition coefficient (Wildman–Crippen LogP) is 3.44. The molecule has 1 aromatic heterocycles. The molecule has 128 valence electrons. The quantitative estimate of drug-likeness (QED) is 0.868. The van der Waals surface area contributed by atoms with E-state index in [0.717, 1.165) is 38.0 Å². The van der Waals surface area contributed by atoms with Crippen LogP contribution in [0.3, 0.4) is 0 Å². The molecule has 2 N–H and O–H groups in total. The van der Waals surface area contributed by atoms with E-state index in [1.807, 2.05) is 12.1 Å². The lowest BCUT2D eigenvalue weighted by atomic mass is 10.1. The van der Waals surface area contributed by atoms with Crippen LogP contribution in [0.25, 0.3) is 0 Å². The second-order valence-electron chi connectivity index (χ2n) is 6.16. The van der Waals surface area contributed by atoms with Crippen LogP contribution in [0.1, 0.15) is 24.0 Å². The van der Waals surface area contributed by atoms with Gasteiger partial charge in [0.15, 0.2) is 11.6 Å². The van der Waals surface area contributed by atoms with Crippen LogP contribution in [0.15, 0.2) is 36.5 Å². The molecule has 0 atom stereocenters. The third kappa shape index (κ3) is 4.66. The van der Waals surface area contributed by atoms with Gasteiger partial charge >= 0.3 is 0 Å². The Kier molecular flexibility index (Phi) is 5.66. The van der Waals surface area contributed by atoms with Gasteiger partial charge in [-0.05, 0) is 30.0 Å². The first kappa shape index (κ1) is 17.1. The number of nitrogens with zero attached hydrogens (tertiary/aromatic N) is 2. The molecular weight excluding hydrogens is 329 g/mol. The zero-order chi connectivity index (χ0) is 16.9. The van der Waals surface area contributed by atoms with Crippen LogP contribution in [0, 0.1) is 5.82 Å². The molecule has 1 fully saturated rings. The molecule has 1 aliphatic rings. The lowest BCUT2D eigenvalue weighted by Gasteiger charge is -2.29. The highest BCUT2D eigenvalue weighted by Gasteiger charge is 2.16. The monoisotopic (exact) mass is 349 g/mol. The molecular formula is C18H21ClFN3O. The second-order valence-corrected chi connectivity index (χ2v) is 6.60. The van der Waals surface area contributed by atoms with Crippen LogP contribution in [0.4, 0.5) is 10.2 Å². The highest BCUT2D eigenvalue weighted by molar-refractivity contribution is 6.30. The van der Waals surface area contributed by atoms with Crippen molar-refractivity contribution >= 4 is 17.4 Å². The summed E-state index contributed by atoms with van der Waals surface area (Å²) >= 11 is 5.69. The summed E-state index contributed by atoms with van der Waals surface area (Å²) < 4.78 is 13.7. The second kappa shape index (κ2) is 7.92. The minimum absolute atomic E-state index is 0.142. The summed E-state index contributed by atoms with van der Waals surface area (Å²) in [6, 6.07) is 9.50. The summed E-state index contributed by atoms with van der Waals surface area (Å²) in [6.45, 7) is 3.27. The van der Waals surface area contributed by atoms with Gasteiger partial charge < -0.3 is 10.4 Å². The van der Waals surface area contributed by atoms with Gasteiger partial charge in [-0.2, -0.15) is 0 Å². The van der Waals surface area contributed by atoms with Gasteiger partial charge in [0.05, 0.1) is 11.1 Å².